The van der Waals surface area contributed by atoms with Gasteiger partial charge in [-0.3, -0.25) is 9.78 Å². The number of halogens is 1. The fourth-order valence-electron chi connectivity index (χ4n) is 2.12. The monoisotopic (exact) mass is 285 g/mol. The number of ether oxygens (including phenoxy) is 1. The van der Waals surface area contributed by atoms with E-state index in [1.54, 1.807) is 18.3 Å². The minimum Gasteiger partial charge on any atom is -0.397 e. The Hall–Kier alpha value is -1.33. The highest BCUT2D eigenvalue weighted by Crippen LogP contribution is 2.12. The van der Waals surface area contributed by atoms with Crippen molar-refractivity contribution in [3.63, 3.8) is 0 Å². The van der Waals surface area contributed by atoms with Gasteiger partial charge < -0.3 is 15.4 Å². The molecule has 106 valence electrons. The maximum atomic E-state index is 12.2. The molecular formula is C13H20ClN3O2. The number of morpholine rings is 1. The van der Waals surface area contributed by atoms with Gasteiger partial charge in [0.25, 0.3) is 0 Å². The van der Waals surface area contributed by atoms with E-state index in [0.717, 1.165) is 12.1 Å². The predicted octanol–water partition coefficient (Wildman–Crippen LogP) is 1.27. The minimum absolute atomic E-state index is 0. The lowest BCUT2D eigenvalue weighted by molar-refractivity contribution is -0.139. The Balaban J connectivity index is 0.00000180. The van der Waals surface area contributed by atoms with E-state index >= 15 is 0 Å². The molecule has 1 aromatic heterocycles. The lowest BCUT2D eigenvalue weighted by atomic mass is 10.1. The number of hydrogen-bond acceptors (Lipinski definition) is 4. The Bertz CT molecular complexity index is 411. The zero-order valence-corrected chi connectivity index (χ0v) is 11.9. The average Bonchev–Trinajstić information content (AvgIpc) is 2.41. The fourth-order valence-corrected chi connectivity index (χ4v) is 2.12. The summed E-state index contributed by atoms with van der Waals surface area (Å²) in [6.45, 7) is 4.00. The molecule has 0 spiro atoms. The zero-order valence-electron chi connectivity index (χ0n) is 11.0. The second-order valence-corrected chi connectivity index (χ2v) is 4.48. The first-order valence-corrected chi connectivity index (χ1v) is 6.28. The Labute approximate surface area is 119 Å². The molecule has 1 atom stereocenters. The molecule has 0 aliphatic carbocycles. The van der Waals surface area contributed by atoms with Crippen molar-refractivity contribution in [2.24, 2.45) is 0 Å². The molecule has 1 fully saturated rings. The molecule has 0 bridgehead atoms. The van der Waals surface area contributed by atoms with Crippen LogP contribution in [0.1, 0.15) is 19.0 Å². The summed E-state index contributed by atoms with van der Waals surface area (Å²) in [6, 6.07) is 3.76. The molecule has 1 unspecified atom stereocenters. The summed E-state index contributed by atoms with van der Waals surface area (Å²) in [4.78, 5) is 18.3. The van der Waals surface area contributed by atoms with Crippen molar-refractivity contribution in [2.75, 3.05) is 25.5 Å². The average molecular weight is 286 g/mol. The van der Waals surface area contributed by atoms with E-state index in [4.69, 9.17) is 10.5 Å². The third-order valence-electron chi connectivity index (χ3n) is 3.20. The Kier molecular flexibility index (Phi) is 6.05. The number of pyridine rings is 1. The van der Waals surface area contributed by atoms with Crippen LogP contribution in [-0.2, 0) is 16.0 Å². The van der Waals surface area contributed by atoms with Crippen LogP contribution in [0.3, 0.4) is 0 Å². The lowest BCUT2D eigenvalue weighted by Crippen LogP contribution is -2.49. The second kappa shape index (κ2) is 7.31. The van der Waals surface area contributed by atoms with Gasteiger partial charge in [0.05, 0.1) is 37.6 Å². The highest BCUT2D eigenvalue weighted by Gasteiger charge is 2.25. The van der Waals surface area contributed by atoms with Crippen LogP contribution < -0.4 is 5.73 Å². The van der Waals surface area contributed by atoms with E-state index in [1.807, 2.05) is 4.90 Å². The first-order chi connectivity index (χ1) is 8.70. The molecule has 1 aliphatic heterocycles. The minimum atomic E-state index is 0. The number of hydrogen-bond donors (Lipinski definition) is 1. The van der Waals surface area contributed by atoms with Gasteiger partial charge in [-0.2, -0.15) is 0 Å². The van der Waals surface area contributed by atoms with E-state index < -0.39 is 0 Å². The smallest absolute Gasteiger partial charge is 0.228 e. The van der Waals surface area contributed by atoms with E-state index in [-0.39, 0.29) is 24.4 Å². The molecule has 0 saturated carbocycles. The number of carbonyl (C=O) groups excluding carboxylic acids is 1. The maximum absolute atomic E-state index is 12.2. The number of nitrogens with zero attached hydrogens (tertiary/aromatic N) is 2. The topological polar surface area (TPSA) is 68.5 Å². The van der Waals surface area contributed by atoms with Crippen molar-refractivity contribution in [1.29, 1.82) is 0 Å². The van der Waals surface area contributed by atoms with Gasteiger partial charge in [-0.05, 0) is 18.6 Å². The Morgan fingerprint density at radius 1 is 1.58 bits per heavy atom. The van der Waals surface area contributed by atoms with Gasteiger partial charge in [0, 0.05) is 12.2 Å². The Morgan fingerprint density at radius 3 is 3.00 bits per heavy atom. The van der Waals surface area contributed by atoms with Gasteiger partial charge in [-0.25, -0.2) is 0 Å². The third-order valence-corrected chi connectivity index (χ3v) is 3.20. The number of carbonyl (C=O) groups is 1. The summed E-state index contributed by atoms with van der Waals surface area (Å²) in [7, 11) is 0. The summed E-state index contributed by atoms with van der Waals surface area (Å²) in [5, 5.41) is 0. The number of aromatic nitrogens is 1. The predicted molar refractivity (Wildman–Crippen MR) is 76.2 cm³/mol. The van der Waals surface area contributed by atoms with Gasteiger partial charge in [-0.15, -0.1) is 12.4 Å². The summed E-state index contributed by atoms with van der Waals surface area (Å²) < 4.78 is 5.39. The molecule has 2 rings (SSSR count). The molecule has 2 heterocycles. The summed E-state index contributed by atoms with van der Waals surface area (Å²) in [5.41, 5.74) is 6.94. The van der Waals surface area contributed by atoms with E-state index in [9.17, 15) is 4.79 Å². The van der Waals surface area contributed by atoms with Gasteiger partial charge in [0.1, 0.15) is 0 Å². The summed E-state index contributed by atoms with van der Waals surface area (Å²) >= 11 is 0. The number of amides is 1. The van der Waals surface area contributed by atoms with Crippen LogP contribution in [0.4, 0.5) is 5.69 Å². The molecule has 1 saturated heterocycles. The van der Waals surface area contributed by atoms with Crippen LogP contribution >= 0.6 is 12.4 Å². The number of nitrogens with two attached hydrogens (primary N) is 1. The van der Waals surface area contributed by atoms with Gasteiger partial charge in [0.2, 0.25) is 5.91 Å². The van der Waals surface area contributed by atoms with Crippen molar-refractivity contribution >= 4 is 24.0 Å². The number of rotatable bonds is 3. The molecule has 0 aromatic carbocycles. The highest BCUT2D eigenvalue weighted by molar-refractivity contribution is 5.85. The largest absolute Gasteiger partial charge is 0.397 e. The van der Waals surface area contributed by atoms with Crippen molar-refractivity contribution in [3.8, 4) is 0 Å². The first kappa shape index (κ1) is 15.7. The molecule has 5 nitrogen and oxygen atoms in total. The zero-order chi connectivity index (χ0) is 13.0. The van der Waals surface area contributed by atoms with Crippen LogP contribution in [0.5, 0.6) is 0 Å². The van der Waals surface area contributed by atoms with Crippen molar-refractivity contribution in [3.05, 3.63) is 24.0 Å². The summed E-state index contributed by atoms with van der Waals surface area (Å²) in [6.07, 6.45) is 2.83. The second-order valence-electron chi connectivity index (χ2n) is 4.48. The number of anilines is 1. The van der Waals surface area contributed by atoms with Gasteiger partial charge in [-0.1, -0.05) is 6.92 Å². The van der Waals surface area contributed by atoms with Crippen LogP contribution in [0.2, 0.25) is 0 Å². The van der Waals surface area contributed by atoms with Crippen molar-refractivity contribution < 1.29 is 9.53 Å². The quantitative estimate of drug-likeness (QED) is 0.908. The van der Waals surface area contributed by atoms with Crippen molar-refractivity contribution in [1.82, 2.24) is 9.88 Å². The van der Waals surface area contributed by atoms with Gasteiger partial charge >= 0.3 is 0 Å². The number of nitrogen functional groups attached to an aromatic ring is 1. The lowest BCUT2D eigenvalue weighted by Gasteiger charge is -2.35. The Morgan fingerprint density at radius 2 is 2.37 bits per heavy atom. The molecule has 6 heteroatoms. The molecule has 2 N–H and O–H groups in total. The fraction of sp³-hybridized carbons (Fsp3) is 0.538. The normalized spacial score (nSPS) is 18.8. The third kappa shape index (κ3) is 4.08. The molecular weight excluding hydrogens is 266 g/mol. The first-order valence-electron chi connectivity index (χ1n) is 6.28. The molecule has 0 radical (unpaired) electrons. The van der Waals surface area contributed by atoms with Crippen LogP contribution in [-0.4, -0.2) is 41.6 Å². The van der Waals surface area contributed by atoms with Crippen molar-refractivity contribution in [2.45, 2.75) is 25.8 Å². The molecule has 1 aliphatic rings. The highest BCUT2D eigenvalue weighted by atomic mass is 35.5. The van der Waals surface area contributed by atoms with E-state index in [1.165, 1.54) is 0 Å². The molecule has 1 amide bonds. The van der Waals surface area contributed by atoms with Crippen LogP contribution in [0.25, 0.3) is 0 Å². The molecule has 1 aromatic rings. The maximum Gasteiger partial charge on any atom is 0.228 e. The van der Waals surface area contributed by atoms with Gasteiger partial charge in [0.15, 0.2) is 0 Å². The van der Waals surface area contributed by atoms with Crippen LogP contribution in [0.15, 0.2) is 18.3 Å². The van der Waals surface area contributed by atoms with E-state index in [2.05, 4.69) is 11.9 Å². The summed E-state index contributed by atoms with van der Waals surface area (Å²) in [5.74, 6) is 0.113. The van der Waals surface area contributed by atoms with E-state index in [0.29, 0.717) is 31.9 Å². The standard InChI is InChI=1S/C13H19N3O2.ClH/c1-2-12-9-18-6-5-16(12)13(17)7-11-4-3-10(14)8-15-11;/h3-4,8,12H,2,5-7,9,14H2,1H3;1H. The van der Waals surface area contributed by atoms with Crippen LogP contribution in [0, 0.1) is 0 Å². The SMILES string of the molecule is CCC1COCCN1C(=O)Cc1ccc(N)cn1.Cl. The molecule has 19 heavy (non-hydrogen) atoms.